The van der Waals surface area contributed by atoms with E-state index in [1.54, 1.807) is 0 Å². The van der Waals surface area contributed by atoms with Gasteiger partial charge in [-0.1, -0.05) is 25.4 Å². The summed E-state index contributed by atoms with van der Waals surface area (Å²) in [6.07, 6.45) is 2.23. The summed E-state index contributed by atoms with van der Waals surface area (Å²) in [6.45, 7) is 11.6. The second-order valence-corrected chi connectivity index (χ2v) is 5.52. The van der Waals surface area contributed by atoms with Crippen LogP contribution in [0, 0.1) is 0 Å². The Morgan fingerprint density at radius 3 is 2.58 bits per heavy atom. The minimum Gasteiger partial charge on any atom is -0.370 e. The minimum absolute atomic E-state index is 0.505. The van der Waals surface area contributed by atoms with Crippen molar-refractivity contribution in [3.8, 4) is 0 Å². The molecule has 0 aliphatic carbocycles. The van der Waals surface area contributed by atoms with Gasteiger partial charge in [0.1, 0.15) is 5.82 Å². The van der Waals surface area contributed by atoms with Crippen LogP contribution in [0.15, 0.2) is 12.1 Å². The van der Waals surface area contributed by atoms with Crippen molar-refractivity contribution in [2.75, 3.05) is 18.4 Å². The quantitative estimate of drug-likeness (QED) is 0.776. The Balaban J connectivity index is 2.79. The topological polar surface area (TPSA) is 28.2 Å². The molecule has 1 rings (SSSR count). The predicted molar refractivity (Wildman–Crippen MR) is 83.9 cm³/mol. The molecule has 0 fully saturated rings. The molecule has 108 valence electrons. The van der Waals surface area contributed by atoms with Crippen LogP contribution in [-0.2, 0) is 6.54 Å². The Hall–Kier alpha value is -0.800. The monoisotopic (exact) mass is 283 g/mol. The zero-order valence-electron chi connectivity index (χ0n) is 12.5. The zero-order chi connectivity index (χ0) is 14.3. The van der Waals surface area contributed by atoms with Crippen molar-refractivity contribution in [3.63, 3.8) is 0 Å². The number of anilines is 1. The summed E-state index contributed by atoms with van der Waals surface area (Å²) >= 11 is 6.26. The minimum atomic E-state index is 0.505. The Morgan fingerprint density at radius 1 is 1.26 bits per heavy atom. The van der Waals surface area contributed by atoms with Crippen LogP contribution in [0.3, 0.4) is 0 Å². The molecule has 4 heteroatoms. The van der Waals surface area contributed by atoms with E-state index in [0.717, 1.165) is 49.0 Å². The molecule has 1 N–H and O–H groups in total. The summed E-state index contributed by atoms with van der Waals surface area (Å²) in [5, 5.41) is 4.06. The summed E-state index contributed by atoms with van der Waals surface area (Å²) in [5.74, 6) is 0.918. The third kappa shape index (κ3) is 5.37. The molecule has 0 saturated heterocycles. The van der Waals surface area contributed by atoms with Crippen LogP contribution in [0.5, 0.6) is 0 Å². The SMILES string of the molecule is CCCNc1ccc(Cl)c(CN(CCC)C(C)C)n1. The number of halogens is 1. The van der Waals surface area contributed by atoms with E-state index < -0.39 is 0 Å². The van der Waals surface area contributed by atoms with E-state index in [0.29, 0.717) is 6.04 Å². The highest BCUT2D eigenvalue weighted by molar-refractivity contribution is 6.31. The molecule has 0 unspecified atom stereocenters. The van der Waals surface area contributed by atoms with Gasteiger partial charge in [0.25, 0.3) is 0 Å². The van der Waals surface area contributed by atoms with Crippen LogP contribution >= 0.6 is 11.6 Å². The molecular weight excluding hydrogens is 258 g/mol. The molecule has 1 aromatic heterocycles. The molecule has 19 heavy (non-hydrogen) atoms. The summed E-state index contributed by atoms with van der Waals surface area (Å²) in [7, 11) is 0. The lowest BCUT2D eigenvalue weighted by molar-refractivity contribution is 0.211. The van der Waals surface area contributed by atoms with Crippen molar-refractivity contribution in [2.45, 2.75) is 53.1 Å². The van der Waals surface area contributed by atoms with E-state index in [-0.39, 0.29) is 0 Å². The third-order valence-electron chi connectivity index (χ3n) is 3.07. The molecule has 0 radical (unpaired) electrons. The number of hydrogen-bond donors (Lipinski definition) is 1. The third-order valence-corrected chi connectivity index (χ3v) is 3.41. The maximum Gasteiger partial charge on any atom is 0.126 e. The van der Waals surface area contributed by atoms with Gasteiger partial charge in [0.15, 0.2) is 0 Å². The van der Waals surface area contributed by atoms with Gasteiger partial charge in [0.05, 0.1) is 10.7 Å². The van der Waals surface area contributed by atoms with E-state index in [1.165, 1.54) is 0 Å². The van der Waals surface area contributed by atoms with Gasteiger partial charge in [-0.25, -0.2) is 4.98 Å². The van der Waals surface area contributed by atoms with E-state index in [4.69, 9.17) is 11.6 Å². The number of nitrogens with one attached hydrogen (secondary N) is 1. The second kappa shape index (κ2) is 8.39. The van der Waals surface area contributed by atoms with Gasteiger partial charge in [-0.05, 0) is 45.4 Å². The number of pyridine rings is 1. The lowest BCUT2D eigenvalue weighted by Crippen LogP contribution is -2.31. The second-order valence-electron chi connectivity index (χ2n) is 5.12. The molecule has 0 saturated carbocycles. The molecule has 0 aromatic carbocycles. The van der Waals surface area contributed by atoms with E-state index >= 15 is 0 Å². The predicted octanol–water partition coefficient (Wildman–Crippen LogP) is 4.18. The fraction of sp³-hybridized carbons (Fsp3) is 0.667. The largest absolute Gasteiger partial charge is 0.370 e. The molecule has 0 amide bonds. The van der Waals surface area contributed by atoms with Crippen molar-refractivity contribution in [3.05, 3.63) is 22.8 Å². The number of aromatic nitrogens is 1. The summed E-state index contributed by atoms with van der Waals surface area (Å²) in [5.41, 5.74) is 0.963. The standard InChI is InChI=1S/C15H26ClN3/c1-5-9-17-15-8-7-13(16)14(18-15)11-19(10-6-2)12(3)4/h7-8,12H,5-6,9-11H2,1-4H3,(H,17,18). The summed E-state index contributed by atoms with van der Waals surface area (Å²) in [6, 6.07) is 4.39. The molecule has 0 aliphatic heterocycles. The van der Waals surface area contributed by atoms with Crippen LogP contribution in [0.2, 0.25) is 5.02 Å². The molecular formula is C15H26ClN3. The Labute approximate surface area is 122 Å². The molecule has 3 nitrogen and oxygen atoms in total. The Kier molecular flexibility index (Phi) is 7.17. The maximum atomic E-state index is 6.26. The lowest BCUT2D eigenvalue weighted by Gasteiger charge is -2.26. The van der Waals surface area contributed by atoms with Crippen molar-refractivity contribution in [2.24, 2.45) is 0 Å². The average molecular weight is 284 g/mol. The van der Waals surface area contributed by atoms with Crippen LogP contribution in [-0.4, -0.2) is 29.0 Å². The van der Waals surface area contributed by atoms with Crippen molar-refractivity contribution >= 4 is 17.4 Å². The fourth-order valence-electron chi connectivity index (χ4n) is 1.95. The van der Waals surface area contributed by atoms with Crippen molar-refractivity contribution in [1.29, 1.82) is 0 Å². The van der Waals surface area contributed by atoms with Gasteiger partial charge in [0.2, 0.25) is 0 Å². The molecule has 0 bridgehead atoms. The average Bonchev–Trinajstić information content (AvgIpc) is 2.38. The normalized spacial score (nSPS) is 11.3. The molecule has 0 aliphatic rings. The smallest absolute Gasteiger partial charge is 0.126 e. The molecule has 1 aromatic rings. The van der Waals surface area contributed by atoms with Gasteiger partial charge in [-0.2, -0.15) is 0 Å². The summed E-state index contributed by atoms with van der Waals surface area (Å²) in [4.78, 5) is 7.03. The first-order chi connectivity index (χ1) is 9.08. The van der Waals surface area contributed by atoms with E-state index in [1.807, 2.05) is 12.1 Å². The number of rotatable bonds is 8. The van der Waals surface area contributed by atoms with E-state index in [9.17, 15) is 0 Å². The van der Waals surface area contributed by atoms with Gasteiger partial charge in [-0.15, -0.1) is 0 Å². The maximum absolute atomic E-state index is 6.26. The van der Waals surface area contributed by atoms with Crippen LogP contribution in [0.1, 0.15) is 46.2 Å². The lowest BCUT2D eigenvalue weighted by atomic mass is 10.2. The molecule has 0 spiro atoms. The van der Waals surface area contributed by atoms with Gasteiger partial charge < -0.3 is 5.32 Å². The van der Waals surface area contributed by atoms with Crippen LogP contribution in [0.4, 0.5) is 5.82 Å². The molecule has 0 atom stereocenters. The van der Waals surface area contributed by atoms with Crippen molar-refractivity contribution < 1.29 is 0 Å². The molecule has 1 heterocycles. The van der Waals surface area contributed by atoms with E-state index in [2.05, 4.69) is 42.9 Å². The number of hydrogen-bond acceptors (Lipinski definition) is 3. The Morgan fingerprint density at radius 2 is 2.00 bits per heavy atom. The number of nitrogens with zero attached hydrogens (tertiary/aromatic N) is 2. The van der Waals surface area contributed by atoms with Crippen molar-refractivity contribution in [1.82, 2.24) is 9.88 Å². The first kappa shape index (κ1) is 16.3. The Bertz CT molecular complexity index is 380. The highest BCUT2D eigenvalue weighted by Crippen LogP contribution is 2.19. The first-order valence-electron chi connectivity index (χ1n) is 7.21. The van der Waals surface area contributed by atoms with Crippen LogP contribution in [0.25, 0.3) is 0 Å². The first-order valence-corrected chi connectivity index (χ1v) is 7.59. The van der Waals surface area contributed by atoms with Gasteiger partial charge in [-0.3, -0.25) is 4.90 Å². The zero-order valence-corrected chi connectivity index (χ0v) is 13.3. The van der Waals surface area contributed by atoms with Gasteiger partial charge >= 0.3 is 0 Å². The fourth-order valence-corrected chi connectivity index (χ4v) is 2.11. The summed E-state index contributed by atoms with van der Waals surface area (Å²) < 4.78 is 0. The van der Waals surface area contributed by atoms with Gasteiger partial charge in [0, 0.05) is 19.1 Å². The highest BCUT2D eigenvalue weighted by Gasteiger charge is 2.12. The van der Waals surface area contributed by atoms with Crippen LogP contribution < -0.4 is 5.32 Å². The highest BCUT2D eigenvalue weighted by atomic mass is 35.5.